The van der Waals surface area contributed by atoms with Crippen molar-refractivity contribution in [2.45, 2.75) is 99.2 Å². The Morgan fingerprint density at radius 1 is 0.806 bits per heavy atom. The van der Waals surface area contributed by atoms with Crippen LogP contribution in [0.1, 0.15) is 88.0 Å². The van der Waals surface area contributed by atoms with Crippen LogP contribution in [0.3, 0.4) is 0 Å². The molecule has 7 heteroatoms. The van der Waals surface area contributed by atoms with Gasteiger partial charge in [0, 0.05) is 13.0 Å². The molecule has 1 amide bonds. The number of carbonyl (C=O) groups excluding carboxylic acids is 2. The molecule has 0 aliphatic carbocycles. The fourth-order valence-corrected chi connectivity index (χ4v) is 3.12. The molecule has 0 spiro atoms. The summed E-state index contributed by atoms with van der Waals surface area (Å²) in [6.45, 7) is 20.2. The van der Waals surface area contributed by atoms with E-state index >= 15 is 0 Å². The lowest BCUT2D eigenvalue weighted by molar-refractivity contribution is -0.147. The van der Waals surface area contributed by atoms with Crippen molar-refractivity contribution < 1.29 is 28.5 Å². The van der Waals surface area contributed by atoms with E-state index in [-0.39, 0.29) is 35.8 Å². The highest BCUT2D eigenvalue weighted by molar-refractivity contribution is 5.69. The highest BCUT2D eigenvalue weighted by atomic mass is 16.6. The second-order valence-electron chi connectivity index (χ2n) is 11.0. The summed E-state index contributed by atoms with van der Waals surface area (Å²) < 4.78 is 21.4. The van der Waals surface area contributed by atoms with Crippen molar-refractivity contribution in [1.82, 2.24) is 5.32 Å². The van der Waals surface area contributed by atoms with E-state index in [0.29, 0.717) is 32.1 Å². The summed E-state index contributed by atoms with van der Waals surface area (Å²) in [5.41, 5.74) is -0.443. The molecule has 0 fully saturated rings. The van der Waals surface area contributed by atoms with Crippen LogP contribution in [0, 0.1) is 11.3 Å². The van der Waals surface area contributed by atoms with Crippen LogP contribution in [0.4, 0.5) is 4.79 Å². The molecule has 0 rings (SSSR count). The summed E-state index contributed by atoms with van der Waals surface area (Å²) in [7, 11) is 0. The van der Waals surface area contributed by atoms with E-state index in [1.165, 1.54) is 0 Å². The zero-order valence-corrected chi connectivity index (χ0v) is 21.4. The lowest BCUT2D eigenvalue weighted by atomic mass is 9.79. The Hall–Kier alpha value is -1.34. The number of carbonyl (C=O) groups is 2. The molecule has 0 bridgehead atoms. The van der Waals surface area contributed by atoms with Crippen molar-refractivity contribution in [1.29, 1.82) is 0 Å². The van der Waals surface area contributed by atoms with Crippen molar-refractivity contribution >= 4 is 12.1 Å². The third-order valence-electron chi connectivity index (χ3n) is 4.55. The Labute approximate surface area is 189 Å². The molecule has 0 aromatic carbocycles. The topological polar surface area (TPSA) is 83.1 Å². The third kappa shape index (κ3) is 20.3. The van der Waals surface area contributed by atoms with Crippen LogP contribution in [-0.2, 0) is 23.7 Å². The molecule has 0 saturated heterocycles. The Kier molecular flexibility index (Phi) is 13.3. The molecule has 184 valence electrons. The third-order valence-corrected chi connectivity index (χ3v) is 4.55. The molecule has 0 aliphatic rings. The van der Waals surface area contributed by atoms with Gasteiger partial charge in [0.15, 0.2) is 0 Å². The summed E-state index contributed by atoms with van der Waals surface area (Å²) in [6.07, 6.45) is 2.56. The maximum Gasteiger partial charge on any atom is 0.407 e. The van der Waals surface area contributed by atoms with Gasteiger partial charge in [-0.2, -0.15) is 0 Å². The van der Waals surface area contributed by atoms with Gasteiger partial charge in [0.1, 0.15) is 13.2 Å². The van der Waals surface area contributed by atoms with E-state index in [2.05, 4.69) is 26.1 Å². The summed E-state index contributed by atoms with van der Waals surface area (Å²) in [4.78, 5) is 23.7. The summed E-state index contributed by atoms with van der Waals surface area (Å²) in [5.74, 6) is 0.230. The monoisotopic (exact) mass is 445 g/mol. The van der Waals surface area contributed by atoms with E-state index in [0.717, 1.165) is 19.3 Å². The van der Waals surface area contributed by atoms with Crippen molar-refractivity contribution in [3.63, 3.8) is 0 Å². The predicted octanol–water partition coefficient (Wildman–Crippen LogP) is 5.11. The highest BCUT2D eigenvalue weighted by Gasteiger charge is 2.23. The van der Waals surface area contributed by atoms with Gasteiger partial charge in [0.25, 0.3) is 0 Å². The van der Waals surface area contributed by atoms with Gasteiger partial charge in [-0.05, 0) is 72.1 Å². The molecule has 7 nitrogen and oxygen atoms in total. The average Bonchev–Trinajstić information content (AvgIpc) is 2.59. The molecule has 1 unspecified atom stereocenters. The van der Waals surface area contributed by atoms with E-state index in [1.807, 2.05) is 41.5 Å². The first kappa shape index (κ1) is 29.7. The summed E-state index contributed by atoms with van der Waals surface area (Å²) in [5, 5.41) is 2.78. The van der Waals surface area contributed by atoms with Crippen LogP contribution in [0.15, 0.2) is 0 Å². The number of hydrogen-bond donors (Lipinski definition) is 1. The molecular weight excluding hydrogens is 398 g/mol. The maximum absolute atomic E-state index is 12.0. The molecule has 0 aromatic heterocycles. The molecule has 0 heterocycles. The van der Waals surface area contributed by atoms with E-state index in [9.17, 15) is 9.59 Å². The van der Waals surface area contributed by atoms with Crippen molar-refractivity contribution in [3.05, 3.63) is 0 Å². The number of nitrogens with one attached hydrogen (secondary N) is 1. The van der Waals surface area contributed by atoms with Crippen molar-refractivity contribution in [2.24, 2.45) is 11.3 Å². The largest absolute Gasteiger partial charge is 0.463 e. The Balaban J connectivity index is 3.93. The Bertz CT molecular complexity index is 519. The second kappa shape index (κ2) is 13.9. The summed E-state index contributed by atoms with van der Waals surface area (Å²) in [6, 6.07) is 0. The number of alkyl carbamates (subject to hydrolysis) is 1. The maximum atomic E-state index is 12.0. The Morgan fingerprint density at radius 3 is 1.84 bits per heavy atom. The van der Waals surface area contributed by atoms with Crippen molar-refractivity contribution in [2.75, 3.05) is 33.0 Å². The zero-order valence-electron chi connectivity index (χ0n) is 21.4. The molecule has 0 saturated carbocycles. The van der Waals surface area contributed by atoms with Gasteiger partial charge in [-0.25, -0.2) is 4.79 Å². The van der Waals surface area contributed by atoms with Gasteiger partial charge in [0.2, 0.25) is 0 Å². The molecular formula is C24H47NO6. The van der Waals surface area contributed by atoms with Gasteiger partial charge in [0.05, 0.1) is 24.4 Å². The van der Waals surface area contributed by atoms with Crippen LogP contribution in [0.25, 0.3) is 0 Å². The van der Waals surface area contributed by atoms with Crippen LogP contribution in [-0.4, -0.2) is 56.2 Å². The molecule has 1 atom stereocenters. The minimum absolute atomic E-state index is 0.0190. The van der Waals surface area contributed by atoms with E-state index in [1.54, 1.807) is 0 Å². The van der Waals surface area contributed by atoms with E-state index < -0.39 is 6.09 Å². The first-order chi connectivity index (χ1) is 14.1. The molecule has 0 aliphatic heterocycles. The summed E-state index contributed by atoms with van der Waals surface area (Å²) >= 11 is 0. The van der Waals surface area contributed by atoms with Gasteiger partial charge < -0.3 is 24.3 Å². The lowest BCUT2D eigenvalue weighted by Gasteiger charge is -2.28. The fourth-order valence-electron chi connectivity index (χ4n) is 3.12. The number of esters is 1. The number of ether oxygens (including phenoxy) is 4. The number of hydrogen-bond acceptors (Lipinski definition) is 6. The quantitative estimate of drug-likeness (QED) is 0.295. The molecule has 0 aromatic rings. The normalized spacial score (nSPS) is 13.6. The van der Waals surface area contributed by atoms with Crippen LogP contribution in [0.2, 0.25) is 0 Å². The first-order valence-electron chi connectivity index (χ1n) is 11.4. The fraction of sp³-hybridized carbons (Fsp3) is 0.917. The number of rotatable bonds is 14. The zero-order chi connectivity index (χ0) is 24.1. The minimum atomic E-state index is -0.415. The lowest BCUT2D eigenvalue weighted by Crippen LogP contribution is -2.29. The van der Waals surface area contributed by atoms with Gasteiger partial charge in [-0.15, -0.1) is 0 Å². The smallest absolute Gasteiger partial charge is 0.407 e. The standard InChI is InChI=1S/C24H47NO6/c1-19(11-13-25-21(27)29-15-17-31-23(5,6)7)18-24(8,9)12-10-20(26)28-14-16-30-22(2,3)4/h19H,10-18H2,1-9H3,(H,25,27). The molecule has 1 N–H and O–H groups in total. The van der Waals surface area contributed by atoms with Crippen LogP contribution < -0.4 is 5.32 Å². The van der Waals surface area contributed by atoms with Crippen LogP contribution in [0.5, 0.6) is 0 Å². The van der Waals surface area contributed by atoms with Gasteiger partial charge in [-0.3, -0.25) is 4.79 Å². The van der Waals surface area contributed by atoms with Gasteiger partial charge >= 0.3 is 12.1 Å². The van der Waals surface area contributed by atoms with Crippen molar-refractivity contribution in [3.8, 4) is 0 Å². The van der Waals surface area contributed by atoms with Gasteiger partial charge in [-0.1, -0.05) is 20.8 Å². The van der Waals surface area contributed by atoms with E-state index in [4.69, 9.17) is 18.9 Å². The average molecular weight is 446 g/mol. The molecule has 31 heavy (non-hydrogen) atoms. The minimum Gasteiger partial charge on any atom is -0.463 e. The number of amides is 1. The SMILES string of the molecule is CC(CCNC(=O)OCCOC(C)(C)C)CC(C)(C)CCC(=O)OCCOC(C)(C)C. The second-order valence-corrected chi connectivity index (χ2v) is 11.0. The Morgan fingerprint density at radius 2 is 1.32 bits per heavy atom. The first-order valence-corrected chi connectivity index (χ1v) is 11.4. The highest BCUT2D eigenvalue weighted by Crippen LogP contribution is 2.31. The van der Waals surface area contributed by atoms with Crippen LogP contribution >= 0.6 is 0 Å². The molecule has 0 radical (unpaired) electrons. The predicted molar refractivity (Wildman–Crippen MR) is 123 cm³/mol.